The van der Waals surface area contributed by atoms with Crippen molar-refractivity contribution < 1.29 is 14.7 Å². The Morgan fingerprint density at radius 3 is 2.67 bits per heavy atom. The Hall–Kier alpha value is -2.25. The molecule has 1 aromatic carbocycles. The number of primary amides is 1. The molecule has 0 bridgehead atoms. The Balaban J connectivity index is 2.47. The van der Waals surface area contributed by atoms with E-state index in [1.165, 1.54) is 18.4 Å². The van der Waals surface area contributed by atoms with Gasteiger partial charge in [0.1, 0.15) is 0 Å². The summed E-state index contributed by atoms with van der Waals surface area (Å²) < 4.78 is 0. The molecule has 21 heavy (non-hydrogen) atoms. The normalized spacial score (nSPS) is 10.4. The summed E-state index contributed by atoms with van der Waals surface area (Å²) in [6, 6.07) is 4.85. The van der Waals surface area contributed by atoms with Crippen molar-refractivity contribution in [2.45, 2.75) is 13.0 Å². The van der Waals surface area contributed by atoms with Gasteiger partial charge in [0.2, 0.25) is 5.91 Å². The van der Waals surface area contributed by atoms with Crippen LogP contribution in [0.2, 0.25) is 0 Å². The highest BCUT2D eigenvalue weighted by Crippen LogP contribution is 2.21. The molecule has 0 aliphatic carbocycles. The van der Waals surface area contributed by atoms with Crippen LogP contribution in [0.15, 0.2) is 23.6 Å². The van der Waals surface area contributed by atoms with Crippen LogP contribution in [0.1, 0.15) is 37.0 Å². The molecule has 4 N–H and O–H groups in total. The van der Waals surface area contributed by atoms with Crippen molar-refractivity contribution >= 4 is 23.2 Å². The number of nitrogens with two attached hydrogens (primary N) is 1. The first-order chi connectivity index (χ1) is 10.1. The zero-order valence-electron chi connectivity index (χ0n) is 11.4. The molecule has 1 heterocycles. The van der Waals surface area contributed by atoms with E-state index >= 15 is 0 Å². The topological polar surface area (TPSA) is 105 Å². The number of amides is 2. The molecule has 2 rings (SSSR count). The monoisotopic (exact) mass is 305 g/mol. The van der Waals surface area contributed by atoms with Crippen molar-refractivity contribution in [1.82, 2.24) is 10.3 Å². The summed E-state index contributed by atoms with van der Waals surface area (Å²) in [4.78, 5) is 27.7. The van der Waals surface area contributed by atoms with Crippen molar-refractivity contribution in [1.29, 1.82) is 0 Å². The van der Waals surface area contributed by atoms with Crippen molar-refractivity contribution in [3.63, 3.8) is 0 Å². The molecule has 0 unspecified atom stereocenters. The predicted octanol–water partition coefficient (Wildman–Crippen LogP) is 0.685. The Morgan fingerprint density at radius 1 is 1.38 bits per heavy atom. The lowest BCUT2D eigenvalue weighted by Crippen LogP contribution is -2.23. The number of aliphatic hydroxyl groups is 1. The van der Waals surface area contributed by atoms with Gasteiger partial charge in [-0.1, -0.05) is 6.07 Å². The maximum Gasteiger partial charge on any atom is 0.251 e. The fourth-order valence-electron chi connectivity index (χ4n) is 2.01. The summed E-state index contributed by atoms with van der Waals surface area (Å²) in [6.07, 6.45) is 0.312. The molecular formula is C14H15N3O3S. The molecule has 0 fully saturated rings. The highest BCUT2D eigenvalue weighted by Gasteiger charge is 2.18. The van der Waals surface area contributed by atoms with E-state index in [-0.39, 0.29) is 12.5 Å². The van der Waals surface area contributed by atoms with E-state index in [1.807, 2.05) is 0 Å². The lowest BCUT2D eigenvalue weighted by atomic mass is 9.97. The Labute approximate surface area is 125 Å². The summed E-state index contributed by atoms with van der Waals surface area (Å²) in [5.41, 5.74) is 7.19. The number of aromatic nitrogens is 1. The molecule has 6 nitrogen and oxygen atoms in total. The van der Waals surface area contributed by atoms with E-state index in [0.29, 0.717) is 33.8 Å². The molecule has 0 aliphatic heterocycles. The molecule has 1 aromatic heterocycles. The predicted molar refractivity (Wildman–Crippen MR) is 79.2 cm³/mol. The number of carbonyl (C=O) groups is 2. The van der Waals surface area contributed by atoms with Crippen molar-refractivity contribution in [2.24, 2.45) is 5.73 Å². The van der Waals surface area contributed by atoms with Gasteiger partial charge in [-0.05, 0) is 17.7 Å². The van der Waals surface area contributed by atoms with Gasteiger partial charge in [-0.15, -0.1) is 11.3 Å². The van der Waals surface area contributed by atoms with Crippen LogP contribution in [0, 0.1) is 0 Å². The first kappa shape index (κ1) is 15.1. The average Bonchev–Trinajstić information content (AvgIpc) is 2.94. The van der Waals surface area contributed by atoms with E-state index in [1.54, 1.807) is 23.6 Å². The van der Waals surface area contributed by atoms with Gasteiger partial charge in [-0.25, -0.2) is 4.98 Å². The van der Waals surface area contributed by atoms with E-state index in [4.69, 9.17) is 10.8 Å². The van der Waals surface area contributed by atoms with Crippen LogP contribution in [0.4, 0.5) is 0 Å². The van der Waals surface area contributed by atoms with Crippen LogP contribution in [0.25, 0.3) is 0 Å². The molecule has 2 aromatic rings. The Morgan fingerprint density at radius 2 is 2.10 bits per heavy atom. The van der Waals surface area contributed by atoms with E-state index in [0.717, 1.165) is 0 Å². The van der Waals surface area contributed by atoms with Gasteiger partial charge in [0, 0.05) is 30.0 Å². The maximum absolute atomic E-state index is 11.9. The Bertz CT molecular complexity index is 682. The minimum Gasteiger partial charge on any atom is -0.390 e. The molecule has 110 valence electrons. The van der Waals surface area contributed by atoms with Gasteiger partial charge < -0.3 is 16.2 Å². The minimum absolute atomic E-state index is 0.143. The van der Waals surface area contributed by atoms with Gasteiger partial charge in [0.05, 0.1) is 17.3 Å². The summed E-state index contributed by atoms with van der Waals surface area (Å²) in [6.45, 7) is -0.143. The van der Waals surface area contributed by atoms with Gasteiger partial charge >= 0.3 is 0 Å². The third-order valence-corrected chi connectivity index (χ3v) is 3.90. The van der Waals surface area contributed by atoms with E-state index in [9.17, 15) is 9.59 Å². The largest absolute Gasteiger partial charge is 0.390 e. The fraction of sp³-hybridized carbons (Fsp3) is 0.214. The third kappa shape index (κ3) is 3.26. The summed E-state index contributed by atoms with van der Waals surface area (Å²) >= 11 is 1.36. The number of rotatable bonds is 5. The molecule has 0 atom stereocenters. The average molecular weight is 305 g/mol. The lowest BCUT2D eigenvalue weighted by molar-refractivity contribution is 0.0962. The molecule has 0 saturated carbocycles. The number of carbonyl (C=O) groups excluding carboxylic acids is 2. The van der Waals surface area contributed by atoms with E-state index in [2.05, 4.69) is 10.3 Å². The molecule has 0 spiro atoms. The number of aliphatic hydroxyl groups excluding tert-OH is 1. The summed E-state index contributed by atoms with van der Waals surface area (Å²) in [5.74, 6) is -0.873. The van der Waals surface area contributed by atoms with Crippen LogP contribution in [-0.2, 0) is 13.0 Å². The minimum atomic E-state index is -0.588. The molecule has 0 saturated heterocycles. The number of thiazole rings is 1. The number of benzene rings is 1. The molecule has 2 amide bonds. The number of nitrogens with zero attached hydrogens (tertiary/aromatic N) is 1. The number of nitrogens with one attached hydrogen (secondary N) is 1. The highest BCUT2D eigenvalue weighted by atomic mass is 32.1. The zero-order chi connectivity index (χ0) is 15.4. The second-order valence-corrected chi connectivity index (χ2v) is 5.29. The third-order valence-electron chi connectivity index (χ3n) is 3.00. The van der Waals surface area contributed by atoms with Gasteiger partial charge in [0.15, 0.2) is 0 Å². The van der Waals surface area contributed by atoms with Crippen LogP contribution in [-0.4, -0.2) is 29.0 Å². The first-order valence-corrected chi connectivity index (χ1v) is 7.12. The van der Waals surface area contributed by atoms with Crippen LogP contribution in [0.5, 0.6) is 0 Å². The van der Waals surface area contributed by atoms with Crippen molar-refractivity contribution in [3.8, 4) is 0 Å². The van der Waals surface area contributed by atoms with Gasteiger partial charge in [-0.2, -0.15) is 0 Å². The zero-order valence-corrected chi connectivity index (χ0v) is 12.2. The van der Waals surface area contributed by atoms with Crippen molar-refractivity contribution in [3.05, 3.63) is 51.0 Å². The smallest absolute Gasteiger partial charge is 0.251 e. The number of hydrogen-bond acceptors (Lipinski definition) is 5. The van der Waals surface area contributed by atoms with Gasteiger partial charge in [-0.3, -0.25) is 9.59 Å². The second kappa shape index (κ2) is 6.47. The standard InChI is InChI=1S/C14H15N3O3S/c1-16-14(20)10-4-2-3-9(13(15)19)11(10)5-12-17-8(6-18)7-21-12/h2-4,7,18H,5-6H2,1H3,(H2,15,19)(H,16,20). The quantitative estimate of drug-likeness (QED) is 0.755. The summed E-state index contributed by atoms with van der Waals surface area (Å²) in [7, 11) is 1.52. The lowest BCUT2D eigenvalue weighted by Gasteiger charge is -2.11. The fourth-order valence-corrected chi connectivity index (χ4v) is 2.81. The van der Waals surface area contributed by atoms with Crippen LogP contribution >= 0.6 is 11.3 Å². The molecular weight excluding hydrogens is 290 g/mol. The van der Waals surface area contributed by atoms with Gasteiger partial charge in [0.25, 0.3) is 5.91 Å². The van der Waals surface area contributed by atoms with E-state index < -0.39 is 5.91 Å². The SMILES string of the molecule is CNC(=O)c1cccc(C(N)=O)c1Cc1nc(CO)cs1. The molecule has 0 aliphatic rings. The molecule has 7 heteroatoms. The maximum atomic E-state index is 11.9. The molecule has 0 radical (unpaired) electrons. The first-order valence-electron chi connectivity index (χ1n) is 6.24. The second-order valence-electron chi connectivity index (χ2n) is 4.34. The highest BCUT2D eigenvalue weighted by molar-refractivity contribution is 7.09. The van der Waals surface area contributed by atoms with Crippen LogP contribution in [0.3, 0.4) is 0 Å². The number of hydrogen-bond donors (Lipinski definition) is 3. The van der Waals surface area contributed by atoms with Crippen LogP contribution < -0.4 is 11.1 Å². The Kier molecular flexibility index (Phi) is 4.66. The summed E-state index contributed by atoms with van der Waals surface area (Å²) in [5, 5.41) is 14.0. The van der Waals surface area contributed by atoms with Crippen molar-refractivity contribution in [2.75, 3.05) is 7.05 Å².